The Morgan fingerprint density at radius 3 is 2.45 bits per heavy atom. The van der Waals surface area contributed by atoms with Gasteiger partial charge in [-0.05, 0) is 25.2 Å². The fraction of sp³-hybridized carbons (Fsp3) is 0.700. The Hall–Kier alpha value is -0.590. The van der Waals surface area contributed by atoms with Gasteiger partial charge in [-0.2, -0.15) is 0 Å². The number of hydrogen-bond acceptors (Lipinski definition) is 1. The summed E-state index contributed by atoms with van der Waals surface area (Å²) in [4.78, 5) is 4.02. The van der Waals surface area contributed by atoms with E-state index in [1.165, 1.54) is 5.57 Å². The molecule has 0 bridgehead atoms. The first-order valence-electron chi connectivity index (χ1n) is 4.21. The summed E-state index contributed by atoms with van der Waals surface area (Å²) in [5.41, 5.74) is 1.26. The van der Waals surface area contributed by atoms with Crippen molar-refractivity contribution in [1.29, 1.82) is 0 Å². The van der Waals surface area contributed by atoms with Gasteiger partial charge in [-0.3, -0.25) is 0 Å². The molecule has 0 aromatic heterocycles. The van der Waals surface area contributed by atoms with Gasteiger partial charge in [-0.1, -0.05) is 26.0 Å². The van der Waals surface area contributed by atoms with Gasteiger partial charge in [0.25, 0.3) is 0 Å². The van der Waals surface area contributed by atoms with Gasteiger partial charge in [0.1, 0.15) is 0 Å². The maximum atomic E-state index is 4.02. The highest BCUT2D eigenvalue weighted by molar-refractivity contribution is 5.61. The van der Waals surface area contributed by atoms with Crippen LogP contribution in [0.15, 0.2) is 17.1 Å². The van der Waals surface area contributed by atoms with Gasteiger partial charge in [0.05, 0.1) is 0 Å². The van der Waals surface area contributed by atoms with Gasteiger partial charge in [0.2, 0.25) is 0 Å². The van der Waals surface area contributed by atoms with Crippen LogP contribution in [0.4, 0.5) is 0 Å². The van der Waals surface area contributed by atoms with Gasteiger partial charge < -0.3 is 4.99 Å². The summed E-state index contributed by atoms with van der Waals surface area (Å²) in [6.45, 7) is 10.4. The predicted molar refractivity (Wildman–Crippen MR) is 52.2 cm³/mol. The van der Waals surface area contributed by atoms with Gasteiger partial charge in [-0.15, -0.1) is 0 Å². The van der Waals surface area contributed by atoms with E-state index in [1.807, 2.05) is 13.3 Å². The van der Waals surface area contributed by atoms with Gasteiger partial charge >= 0.3 is 0 Å². The lowest BCUT2D eigenvalue weighted by atomic mass is 9.87. The van der Waals surface area contributed by atoms with Crippen LogP contribution in [0.3, 0.4) is 0 Å². The van der Waals surface area contributed by atoms with Crippen molar-refractivity contribution in [3.63, 3.8) is 0 Å². The molecule has 1 heteroatoms. The quantitative estimate of drug-likeness (QED) is 0.435. The van der Waals surface area contributed by atoms with Crippen molar-refractivity contribution in [2.75, 3.05) is 7.05 Å². The molecule has 0 amide bonds. The van der Waals surface area contributed by atoms with Crippen molar-refractivity contribution >= 4 is 6.21 Å². The van der Waals surface area contributed by atoms with Crippen LogP contribution >= 0.6 is 0 Å². The minimum atomic E-state index is 0.530. The highest BCUT2D eigenvalue weighted by Crippen LogP contribution is 2.20. The Bertz CT molecular complexity index is 147. The summed E-state index contributed by atoms with van der Waals surface area (Å²) in [5.74, 6) is 1.13. The molecule has 2 unspecified atom stereocenters. The molecule has 64 valence electrons. The second kappa shape index (κ2) is 5.11. The van der Waals surface area contributed by atoms with Crippen molar-refractivity contribution in [2.24, 2.45) is 16.8 Å². The topological polar surface area (TPSA) is 12.4 Å². The Morgan fingerprint density at radius 2 is 2.18 bits per heavy atom. The molecule has 0 heterocycles. The maximum absolute atomic E-state index is 4.02. The molecule has 2 atom stereocenters. The van der Waals surface area contributed by atoms with Crippen LogP contribution in [0.5, 0.6) is 0 Å². The summed E-state index contributed by atoms with van der Waals surface area (Å²) in [7, 11) is 1.82. The largest absolute Gasteiger partial charge is 0.301 e. The minimum absolute atomic E-state index is 0.530. The number of nitrogens with zero attached hydrogens (tertiary/aromatic N) is 1. The van der Waals surface area contributed by atoms with Gasteiger partial charge in [-0.25, -0.2) is 0 Å². The molecule has 0 N–H and O–H groups in total. The second-order valence-corrected chi connectivity index (χ2v) is 3.13. The van der Waals surface area contributed by atoms with E-state index < -0.39 is 0 Å². The number of allylic oxidation sites excluding steroid dienone is 1. The molecule has 0 saturated heterocycles. The highest BCUT2D eigenvalue weighted by Gasteiger charge is 2.13. The molecule has 0 spiro atoms. The molecular weight excluding hydrogens is 134 g/mol. The summed E-state index contributed by atoms with van der Waals surface area (Å²) >= 11 is 0. The molecule has 1 nitrogen and oxygen atoms in total. The van der Waals surface area contributed by atoms with E-state index in [0.29, 0.717) is 11.8 Å². The van der Waals surface area contributed by atoms with Crippen molar-refractivity contribution in [3.8, 4) is 0 Å². The van der Waals surface area contributed by atoms with Crippen LogP contribution in [-0.2, 0) is 0 Å². The number of rotatable bonds is 4. The Morgan fingerprint density at radius 1 is 1.64 bits per heavy atom. The van der Waals surface area contributed by atoms with E-state index in [4.69, 9.17) is 0 Å². The standard InChI is InChI=1S/C10H19N/c1-6-10(8(2)3)9(4)7-11-5/h7,9-10H,2,6H2,1,3-5H3/b11-7-. The van der Waals surface area contributed by atoms with E-state index in [2.05, 4.69) is 32.3 Å². The molecule has 0 aliphatic carbocycles. The predicted octanol–water partition coefficient (Wildman–Crippen LogP) is 2.93. The first-order chi connectivity index (χ1) is 5.13. The van der Waals surface area contributed by atoms with Crippen LogP contribution in [0.1, 0.15) is 27.2 Å². The summed E-state index contributed by atoms with van der Waals surface area (Å²) < 4.78 is 0. The Balaban J connectivity index is 4.13. The lowest BCUT2D eigenvalue weighted by Gasteiger charge is -2.18. The van der Waals surface area contributed by atoms with Crippen molar-refractivity contribution in [2.45, 2.75) is 27.2 Å². The molecule has 0 aromatic carbocycles. The van der Waals surface area contributed by atoms with Crippen molar-refractivity contribution in [1.82, 2.24) is 0 Å². The zero-order valence-corrected chi connectivity index (χ0v) is 8.09. The molecule has 11 heavy (non-hydrogen) atoms. The highest BCUT2D eigenvalue weighted by atomic mass is 14.6. The maximum Gasteiger partial charge on any atom is 0.0273 e. The fourth-order valence-electron chi connectivity index (χ4n) is 1.51. The van der Waals surface area contributed by atoms with Crippen LogP contribution < -0.4 is 0 Å². The molecule has 0 radical (unpaired) electrons. The normalized spacial score (nSPS) is 16.7. The van der Waals surface area contributed by atoms with Gasteiger partial charge in [0, 0.05) is 13.3 Å². The smallest absolute Gasteiger partial charge is 0.0273 e. The SMILES string of the molecule is C=C(C)C(CC)C(C)/C=N\C. The van der Waals surface area contributed by atoms with Crippen molar-refractivity contribution < 1.29 is 0 Å². The molecule has 0 aliphatic rings. The zero-order chi connectivity index (χ0) is 8.85. The Labute approximate surface area is 70.2 Å². The molecule has 0 rings (SSSR count). The average Bonchev–Trinajstić information content (AvgIpc) is 1.88. The lowest BCUT2D eigenvalue weighted by molar-refractivity contribution is 0.503. The fourth-order valence-corrected chi connectivity index (χ4v) is 1.51. The number of aliphatic imine (C=N–C) groups is 1. The second-order valence-electron chi connectivity index (χ2n) is 3.13. The van der Waals surface area contributed by atoms with Crippen LogP contribution in [-0.4, -0.2) is 13.3 Å². The minimum Gasteiger partial charge on any atom is -0.301 e. The van der Waals surface area contributed by atoms with Crippen LogP contribution in [0.25, 0.3) is 0 Å². The molecule has 0 aliphatic heterocycles. The molecular formula is C10H19N. The third-order valence-electron chi connectivity index (χ3n) is 2.09. The third kappa shape index (κ3) is 3.35. The van der Waals surface area contributed by atoms with Crippen molar-refractivity contribution in [3.05, 3.63) is 12.2 Å². The van der Waals surface area contributed by atoms with E-state index in [0.717, 1.165) is 6.42 Å². The molecule has 0 fully saturated rings. The average molecular weight is 153 g/mol. The first kappa shape index (κ1) is 10.4. The number of hydrogen-bond donors (Lipinski definition) is 0. The summed E-state index contributed by atoms with van der Waals surface area (Å²) in [5, 5.41) is 0. The lowest BCUT2D eigenvalue weighted by Crippen LogP contribution is -2.12. The zero-order valence-electron chi connectivity index (χ0n) is 8.09. The Kier molecular flexibility index (Phi) is 4.84. The monoisotopic (exact) mass is 153 g/mol. The summed E-state index contributed by atoms with van der Waals surface area (Å²) in [6, 6.07) is 0. The van der Waals surface area contributed by atoms with E-state index in [9.17, 15) is 0 Å². The van der Waals surface area contributed by atoms with Gasteiger partial charge in [0.15, 0.2) is 0 Å². The van der Waals surface area contributed by atoms with E-state index in [1.54, 1.807) is 0 Å². The van der Waals surface area contributed by atoms with Crippen LogP contribution in [0.2, 0.25) is 0 Å². The molecule has 0 aromatic rings. The van der Waals surface area contributed by atoms with E-state index >= 15 is 0 Å². The van der Waals surface area contributed by atoms with E-state index in [-0.39, 0.29) is 0 Å². The third-order valence-corrected chi connectivity index (χ3v) is 2.09. The summed E-state index contributed by atoms with van der Waals surface area (Å²) in [6.07, 6.45) is 3.16. The first-order valence-corrected chi connectivity index (χ1v) is 4.21. The molecule has 0 saturated carbocycles. The van der Waals surface area contributed by atoms with Crippen LogP contribution in [0, 0.1) is 11.8 Å².